The van der Waals surface area contributed by atoms with E-state index in [1.807, 2.05) is 18.2 Å². The number of nitrogens with two attached hydrogens (primary N) is 1. The van der Waals surface area contributed by atoms with Gasteiger partial charge in [-0.2, -0.15) is 0 Å². The lowest BCUT2D eigenvalue weighted by Gasteiger charge is -2.21. The van der Waals surface area contributed by atoms with Crippen LogP contribution in [0.25, 0.3) is 0 Å². The molecule has 88 valence electrons. The van der Waals surface area contributed by atoms with Crippen molar-refractivity contribution in [2.75, 3.05) is 25.4 Å². The molecule has 1 aliphatic rings. The van der Waals surface area contributed by atoms with Gasteiger partial charge in [-0.1, -0.05) is 6.07 Å². The minimum Gasteiger partial charge on any atom is -0.384 e. The second-order valence-corrected chi connectivity index (χ2v) is 4.32. The predicted molar refractivity (Wildman–Crippen MR) is 64.0 cm³/mol. The molecule has 1 aliphatic heterocycles. The molecule has 2 N–H and O–H groups in total. The van der Waals surface area contributed by atoms with Gasteiger partial charge in [0, 0.05) is 26.2 Å². The molecule has 0 saturated carbocycles. The van der Waals surface area contributed by atoms with Crippen molar-refractivity contribution in [3.05, 3.63) is 23.9 Å². The van der Waals surface area contributed by atoms with Crippen molar-refractivity contribution in [1.29, 1.82) is 0 Å². The molecule has 0 aromatic carbocycles. The number of aromatic nitrogens is 1. The molecule has 1 saturated heterocycles. The van der Waals surface area contributed by atoms with E-state index in [9.17, 15) is 0 Å². The fourth-order valence-electron chi connectivity index (χ4n) is 2.04. The SMILES string of the molecule is CC1CN(Cc2cccc(N)n2)CCCO1. The quantitative estimate of drug-likeness (QED) is 0.817. The van der Waals surface area contributed by atoms with Crippen LogP contribution in [-0.4, -0.2) is 35.7 Å². The number of rotatable bonds is 2. The smallest absolute Gasteiger partial charge is 0.123 e. The van der Waals surface area contributed by atoms with Gasteiger partial charge in [-0.05, 0) is 25.5 Å². The van der Waals surface area contributed by atoms with Crippen LogP contribution in [0.2, 0.25) is 0 Å². The fourth-order valence-corrected chi connectivity index (χ4v) is 2.04. The Labute approximate surface area is 96.4 Å². The number of nitrogen functional groups attached to an aromatic ring is 1. The maximum absolute atomic E-state index is 5.67. The van der Waals surface area contributed by atoms with E-state index in [2.05, 4.69) is 16.8 Å². The molecule has 1 aromatic heterocycles. The van der Waals surface area contributed by atoms with Gasteiger partial charge in [0.1, 0.15) is 5.82 Å². The number of pyridine rings is 1. The molecule has 2 heterocycles. The zero-order chi connectivity index (χ0) is 11.4. The largest absolute Gasteiger partial charge is 0.384 e. The third kappa shape index (κ3) is 3.18. The summed E-state index contributed by atoms with van der Waals surface area (Å²) in [5, 5.41) is 0. The van der Waals surface area contributed by atoms with Crippen molar-refractivity contribution in [2.45, 2.75) is 26.0 Å². The molecule has 1 atom stereocenters. The van der Waals surface area contributed by atoms with E-state index in [-0.39, 0.29) is 0 Å². The minimum atomic E-state index is 0.309. The molecule has 0 bridgehead atoms. The van der Waals surface area contributed by atoms with Crippen LogP contribution in [0.1, 0.15) is 19.0 Å². The summed E-state index contributed by atoms with van der Waals surface area (Å²) in [7, 11) is 0. The van der Waals surface area contributed by atoms with Crippen molar-refractivity contribution >= 4 is 5.82 Å². The van der Waals surface area contributed by atoms with Gasteiger partial charge >= 0.3 is 0 Å². The van der Waals surface area contributed by atoms with Crippen LogP contribution < -0.4 is 5.73 Å². The van der Waals surface area contributed by atoms with Gasteiger partial charge in [0.25, 0.3) is 0 Å². The first-order valence-electron chi connectivity index (χ1n) is 5.79. The third-order valence-electron chi connectivity index (χ3n) is 2.75. The lowest BCUT2D eigenvalue weighted by atomic mass is 10.3. The minimum absolute atomic E-state index is 0.309. The molecular weight excluding hydrogens is 202 g/mol. The molecule has 1 unspecified atom stereocenters. The molecule has 4 heteroatoms. The average Bonchev–Trinajstić information content (AvgIpc) is 2.43. The number of ether oxygens (including phenoxy) is 1. The molecular formula is C12H19N3O. The summed E-state index contributed by atoms with van der Waals surface area (Å²) >= 11 is 0. The molecule has 0 spiro atoms. The Morgan fingerprint density at radius 1 is 1.56 bits per heavy atom. The normalized spacial score (nSPS) is 22.9. The zero-order valence-corrected chi connectivity index (χ0v) is 9.72. The van der Waals surface area contributed by atoms with Gasteiger partial charge in [0.05, 0.1) is 11.8 Å². The van der Waals surface area contributed by atoms with E-state index in [4.69, 9.17) is 10.5 Å². The summed E-state index contributed by atoms with van der Waals surface area (Å²) in [6, 6.07) is 5.79. The van der Waals surface area contributed by atoms with Crippen LogP contribution in [-0.2, 0) is 11.3 Å². The molecule has 16 heavy (non-hydrogen) atoms. The van der Waals surface area contributed by atoms with Crippen molar-refractivity contribution in [3.63, 3.8) is 0 Å². The summed E-state index contributed by atoms with van der Waals surface area (Å²) in [5.41, 5.74) is 6.70. The van der Waals surface area contributed by atoms with E-state index >= 15 is 0 Å². The number of nitrogens with zero attached hydrogens (tertiary/aromatic N) is 2. The maximum atomic E-state index is 5.67. The van der Waals surface area contributed by atoms with Crippen molar-refractivity contribution in [1.82, 2.24) is 9.88 Å². The fraction of sp³-hybridized carbons (Fsp3) is 0.583. The second kappa shape index (κ2) is 5.27. The summed E-state index contributed by atoms with van der Waals surface area (Å²) in [6.45, 7) is 5.88. The van der Waals surface area contributed by atoms with Gasteiger partial charge in [0.2, 0.25) is 0 Å². The van der Waals surface area contributed by atoms with E-state index in [1.54, 1.807) is 0 Å². The Morgan fingerprint density at radius 3 is 3.25 bits per heavy atom. The highest BCUT2D eigenvalue weighted by Crippen LogP contribution is 2.10. The van der Waals surface area contributed by atoms with E-state index in [0.717, 1.165) is 38.4 Å². The molecule has 4 nitrogen and oxygen atoms in total. The monoisotopic (exact) mass is 221 g/mol. The van der Waals surface area contributed by atoms with Gasteiger partial charge in [-0.25, -0.2) is 4.98 Å². The Morgan fingerprint density at radius 2 is 2.44 bits per heavy atom. The Kier molecular flexibility index (Phi) is 3.74. The van der Waals surface area contributed by atoms with Crippen LogP contribution in [0.5, 0.6) is 0 Å². The predicted octanol–water partition coefficient (Wildman–Crippen LogP) is 1.27. The highest BCUT2D eigenvalue weighted by Gasteiger charge is 2.15. The van der Waals surface area contributed by atoms with Gasteiger partial charge < -0.3 is 10.5 Å². The zero-order valence-electron chi connectivity index (χ0n) is 9.72. The number of hydrogen-bond donors (Lipinski definition) is 1. The first kappa shape index (κ1) is 11.4. The van der Waals surface area contributed by atoms with E-state index < -0.39 is 0 Å². The van der Waals surface area contributed by atoms with Crippen LogP contribution >= 0.6 is 0 Å². The van der Waals surface area contributed by atoms with Crippen LogP contribution in [0.3, 0.4) is 0 Å². The molecule has 1 aromatic rings. The van der Waals surface area contributed by atoms with Crippen molar-refractivity contribution in [2.24, 2.45) is 0 Å². The lowest BCUT2D eigenvalue weighted by molar-refractivity contribution is 0.0666. The van der Waals surface area contributed by atoms with Crippen LogP contribution in [0.15, 0.2) is 18.2 Å². The summed E-state index contributed by atoms with van der Waals surface area (Å²) in [4.78, 5) is 6.69. The van der Waals surface area contributed by atoms with Crippen molar-refractivity contribution < 1.29 is 4.74 Å². The number of anilines is 1. The van der Waals surface area contributed by atoms with Gasteiger partial charge in [-0.3, -0.25) is 4.90 Å². The topological polar surface area (TPSA) is 51.4 Å². The summed E-state index contributed by atoms with van der Waals surface area (Å²) in [5.74, 6) is 0.594. The van der Waals surface area contributed by atoms with Crippen molar-refractivity contribution in [3.8, 4) is 0 Å². The van der Waals surface area contributed by atoms with Crippen LogP contribution in [0.4, 0.5) is 5.82 Å². The summed E-state index contributed by atoms with van der Waals surface area (Å²) < 4.78 is 5.61. The number of hydrogen-bond acceptors (Lipinski definition) is 4. The van der Waals surface area contributed by atoms with Gasteiger partial charge in [-0.15, -0.1) is 0 Å². The second-order valence-electron chi connectivity index (χ2n) is 4.32. The molecule has 2 rings (SSSR count). The molecule has 0 amide bonds. The first-order valence-corrected chi connectivity index (χ1v) is 5.79. The Bertz CT molecular complexity index is 343. The summed E-state index contributed by atoms with van der Waals surface area (Å²) in [6.07, 6.45) is 1.40. The van der Waals surface area contributed by atoms with Crippen LogP contribution in [0, 0.1) is 0 Å². The lowest BCUT2D eigenvalue weighted by Crippen LogP contribution is -2.30. The maximum Gasteiger partial charge on any atom is 0.123 e. The standard InChI is InChI=1S/C12H19N3O/c1-10-8-15(6-3-7-16-10)9-11-4-2-5-12(13)14-11/h2,4-5,10H,3,6-9H2,1H3,(H2,13,14). The van der Waals surface area contributed by atoms with Gasteiger partial charge in [0.15, 0.2) is 0 Å². The molecule has 1 fully saturated rings. The highest BCUT2D eigenvalue weighted by molar-refractivity contribution is 5.28. The molecule has 0 aliphatic carbocycles. The highest BCUT2D eigenvalue weighted by atomic mass is 16.5. The third-order valence-corrected chi connectivity index (χ3v) is 2.75. The Balaban J connectivity index is 1.97. The first-order chi connectivity index (χ1) is 7.74. The van der Waals surface area contributed by atoms with E-state index in [0.29, 0.717) is 11.9 Å². The average molecular weight is 221 g/mol. The Hall–Kier alpha value is -1.13. The molecule has 0 radical (unpaired) electrons. The van der Waals surface area contributed by atoms with E-state index in [1.165, 1.54) is 0 Å².